The molecule has 3 N–H and O–H groups in total. The number of halogens is 1. The molecule has 2 amide bonds. The van der Waals surface area contributed by atoms with Crippen molar-refractivity contribution in [1.29, 1.82) is 0 Å². The molecule has 0 fully saturated rings. The number of urea groups is 1. The molecule has 0 spiro atoms. The maximum atomic E-state index is 11.5. The van der Waals surface area contributed by atoms with Gasteiger partial charge in [0, 0.05) is 17.3 Å². The Kier molecular flexibility index (Phi) is 4.78. The van der Waals surface area contributed by atoms with Crippen LogP contribution in [-0.4, -0.2) is 23.3 Å². The fraction of sp³-hybridized carbons (Fsp3) is 0.417. The number of hydrogen-bond acceptors (Lipinski definition) is 2. The first-order chi connectivity index (χ1) is 7.93. The molecule has 5 heteroatoms. The molecule has 1 atom stereocenters. The van der Waals surface area contributed by atoms with Gasteiger partial charge in [-0.05, 0) is 37.6 Å². The van der Waals surface area contributed by atoms with Gasteiger partial charge in [-0.1, -0.05) is 18.5 Å². The van der Waals surface area contributed by atoms with E-state index < -0.39 is 5.60 Å². The number of hydrogen-bond donors (Lipinski definition) is 3. The third kappa shape index (κ3) is 5.06. The second kappa shape index (κ2) is 5.89. The van der Waals surface area contributed by atoms with Crippen LogP contribution in [-0.2, 0) is 0 Å². The second-order valence-corrected chi connectivity index (χ2v) is 4.60. The fourth-order valence-corrected chi connectivity index (χ4v) is 1.23. The largest absolute Gasteiger partial charge is 0.388 e. The zero-order chi connectivity index (χ0) is 12.9. The van der Waals surface area contributed by atoms with E-state index in [0.717, 1.165) is 0 Å². The Morgan fingerprint density at radius 1 is 1.41 bits per heavy atom. The van der Waals surface area contributed by atoms with E-state index in [4.69, 9.17) is 11.6 Å². The number of carbonyl (C=O) groups excluding carboxylic acids is 1. The highest BCUT2D eigenvalue weighted by Crippen LogP contribution is 2.13. The molecule has 0 heterocycles. The van der Waals surface area contributed by atoms with Gasteiger partial charge in [-0.25, -0.2) is 4.79 Å². The van der Waals surface area contributed by atoms with Crippen LogP contribution in [0, 0.1) is 0 Å². The molecule has 0 aliphatic heterocycles. The molecule has 0 aromatic heterocycles. The van der Waals surface area contributed by atoms with E-state index in [0.29, 0.717) is 17.1 Å². The lowest BCUT2D eigenvalue weighted by Crippen LogP contribution is -2.41. The quantitative estimate of drug-likeness (QED) is 0.776. The highest BCUT2D eigenvalue weighted by Gasteiger charge is 2.18. The number of aliphatic hydroxyl groups is 1. The summed E-state index contributed by atoms with van der Waals surface area (Å²) in [5.74, 6) is 0. The van der Waals surface area contributed by atoms with Crippen LogP contribution >= 0.6 is 11.6 Å². The minimum absolute atomic E-state index is 0.211. The Bertz CT molecular complexity index is 377. The molecule has 0 unspecified atom stereocenters. The topological polar surface area (TPSA) is 61.4 Å². The van der Waals surface area contributed by atoms with Crippen molar-refractivity contribution in [2.45, 2.75) is 25.9 Å². The summed E-state index contributed by atoms with van der Waals surface area (Å²) in [6.07, 6.45) is 0.578. The first-order valence-electron chi connectivity index (χ1n) is 5.46. The maximum absolute atomic E-state index is 11.5. The lowest BCUT2D eigenvalue weighted by molar-refractivity contribution is 0.0587. The molecule has 17 heavy (non-hydrogen) atoms. The average Bonchev–Trinajstić information content (AvgIpc) is 2.30. The van der Waals surface area contributed by atoms with Gasteiger partial charge >= 0.3 is 6.03 Å². The second-order valence-electron chi connectivity index (χ2n) is 4.17. The monoisotopic (exact) mass is 256 g/mol. The van der Waals surface area contributed by atoms with Crippen molar-refractivity contribution in [3.05, 3.63) is 29.3 Å². The summed E-state index contributed by atoms with van der Waals surface area (Å²) in [5.41, 5.74) is -0.222. The van der Waals surface area contributed by atoms with Gasteiger partial charge in [0.05, 0.1) is 5.60 Å². The number of carbonyl (C=O) groups is 1. The zero-order valence-electron chi connectivity index (χ0n) is 9.96. The van der Waals surface area contributed by atoms with Gasteiger partial charge < -0.3 is 15.7 Å². The van der Waals surface area contributed by atoms with E-state index in [2.05, 4.69) is 10.6 Å². The Labute approximate surface area is 106 Å². The summed E-state index contributed by atoms with van der Waals surface area (Å²) in [6, 6.07) is 6.46. The van der Waals surface area contributed by atoms with Crippen molar-refractivity contribution in [3.63, 3.8) is 0 Å². The Morgan fingerprint density at radius 2 is 2.00 bits per heavy atom. The van der Waals surface area contributed by atoms with E-state index in [-0.39, 0.29) is 12.6 Å². The molecule has 1 aromatic rings. The van der Waals surface area contributed by atoms with Gasteiger partial charge in [0.15, 0.2) is 0 Å². The number of rotatable bonds is 4. The van der Waals surface area contributed by atoms with Crippen LogP contribution < -0.4 is 10.6 Å². The summed E-state index contributed by atoms with van der Waals surface area (Å²) in [5, 5.41) is 15.6. The number of benzene rings is 1. The van der Waals surface area contributed by atoms with Gasteiger partial charge in [-0.2, -0.15) is 0 Å². The van der Waals surface area contributed by atoms with Crippen LogP contribution in [0.1, 0.15) is 20.3 Å². The van der Waals surface area contributed by atoms with Crippen LogP contribution in [0.3, 0.4) is 0 Å². The predicted octanol–water partition coefficient (Wildman–Crippen LogP) is 2.62. The molecule has 0 aliphatic carbocycles. The van der Waals surface area contributed by atoms with Gasteiger partial charge in [0.2, 0.25) is 0 Å². The molecule has 0 saturated heterocycles. The van der Waals surface area contributed by atoms with Crippen molar-refractivity contribution in [2.75, 3.05) is 11.9 Å². The van der Waals surface area contributed by atoms with Crippen LogP contribution in [0.5, 0.6) is 0 Å². The van der Waals surface area contributed by atoms with E-state index in [1.807, 2.05) is 6.92 Å². The molecule has 0 radical (unpaired) electrons. The summed E-state index contributed by atoms with van der Waals surface area (Å²) in [4.78, 5) is 11.5. The van der Waals surface area contributed by atoms with Crippen molar-refractivity contribution in [3.8, 4) is 0 Å². The summed E-state index contributed by atoms with van der Waals surface area (Å²) < 4.78 is 0. The molecule has 94 valence electrons. The third-order valence-corrected chi connectivity index (χ3v) is 2.75. The maximum Gasteiger partial charge on any atom is 0.319 e. The molecule has 1 aromatic carbocycles. The summed E-state index contributed by atoms with van der Waals surface area (Å²) in [7, 11) is 0. The number of amides is 2. The van der Waals surface area contributed by atoms with Crippen molar-refractivity contribution < 1.29 is 9.90 Å². The van der Waals surface area contributed by atoms with Crippen molar-refractivity contribution in [1.82, 2.24) is 5.32 Å². The molecule has 4 nitrogen and oxygen atoms in total. The Hall–Kier alpha value is -1.26. The average molecular weight is 257 g/mol. The standard InChI is InChI=1S/C12H17ClN2O2/c1-3-12(2,17)8-14-11(16)15-10-6-4-9(13)5-7-10/h4-7,17H,3,8H2,1-2H3,(H2,14,15,16)/t12-/m0/s1. The zero-order valence-corrected chi connectivity index (χ0v) is 10.7. The van der Waals surface area contributed by atoms with E-state index in [1.54, 1.807) is 31.2 Å². The molecule has 0 saturated carbocycles. The molecular formula is C12H17ClN2O2. The van der Waals surface area contributed by atoms with Gasteiger partial charge in [-0.3, -0.25) is 0 Å². The smallest absolute Gasteiger partial charge is 0.319 e. The van der Waals surface area contributed by atoms with Crippen LogP contribution in [0.4, 0.5) is 10.5 Å². The van der Waals surface area contributed by atoms with Gasteiger partial charge in [-0.15, -0.1) is 0 Å². The number of nitrogens with one attached hydrogen (secondary N) is 2. The van der Waals surface area contributed by atoms with E-state index in [1.165, 1.54) is 0 Å². The van der Waals surface area contributed by atoms with Crippen molar-refractivity contribution in [2.24, 2.45) is 0 Å². The molecule has 0 aliphatic rings. The Balaban J connectivity index is 2.42. The lowest BCUT2D eigenvalue weighted by Gasteiger charge is -2.21. The van der Waals surface area contributed by atoms with Crippen molar-refractivity contribution >= 4 is 23.3 Å². The fourth-order valence-electron chi connectivity index (χ4n) is 1.10. The van der Waals surface area contributed by atoms with Gasteiger partial charge in [0.25, 0.3) is 0 Å². The van der Waals surface area contributed by atoms with Crippen LogP contribution in [0.15, 0.2) is 24.3 Å². The first kappa shape index (κ1) is 13.8. The lowest BCUT2D eigenvalue weighted by atomic mass is 10.0. The highest BCUT2D eigenvalue weighted by atomic mass is 35.5. The normalized spacial score (nSPS) is 13.9. The summed E-state index contributed by atoms with van der Waals surface area (Å²) in [6.45, 7) is 3.75. The molecular weight excluding hydrogens is 240 g/mol. The SMILES string of the molecule is CC[C@](C)(O)CNC(=O)Nc1ccc(Cl)cc1. The summed E-state index contributed by atoms with van der Waals surface area (Å²) >= 11 is 5.73. The predicted molar refractivity (Wildman–Crippen MR) is 69.4 cm³/mol. The minimum atomic E-state index is -0.878. The van der Waals surface area contributed by atoms with E-state index in [9.17, 15) is 9.90 Å². The van der Waals surface area contributed by atoms with E-state index >= 15 is 0 Å². The Morgan fingerprint density at radius 3 is 2.53 bits per heavy atom. The highest BCUT2D eigenvalue weighted by molar-refractivity contribution is 6.30. The first-order valence-corrected chi connectivity index (χ1v) is 5.83. The minimum Gasteiger partial charge on any atom is -0.388 e. The number of anilines is 1. The van der Waals surface area contributed by atoms with Crippen LogP contribution in [0.25, 0.3) is 0 Å². The third-order valence-electron chi connectivity index (χ3n) is 2.49. The van der Waals surface area contributed by atoms with Gasteiger partial charge in [0.1, 0.15) is 0 Å². The molecule has 0 bridgehead atoms. The van der Waals surface area contributed by atoms with Crippen LogP contribution in [0.2, 0.25) is 5.02 Å². The molecule has 1 rings (SSSR count).